The highest BCUT2D eigenvalue weighted by Crippen LogP contribution is 2.33. The quantitative estimate of drug-likeness (QED) is 0.769. The van der Waals surface area contributed by atoms with Crippen molar-refractivity contribution in [2.45, 2.75) is 6.42 Å². The second-order valence-electron chi connectivity index (χ2n) is 4.51. The molecule has 4 heteroatoms. The highest BCUT2D eigenvalue weighted by molar-refractivity contribution is 6.09. The molecule has 2 N–H and O–H groups in total. The molecule has 0 saturated heterocycles. The van der Waals surface area contributed by atoms with Crippen LogP contribution in [0, 0.1) is 0 Å². The topological polar surface area (TPSA) is 60.8 Å². The second-order valence-corrected chi connectivity index (χ2v) is 4.51. The van der Waals surface area contributed by atoms with Crippen molar-refractivity contribution in [2.75, 3.05) is 11.4 Å². The standard InChI is InChI=1S/C15H13NO3/c17-13-7-3-5-11(14(13)18)15(19)16-9-8-10-4-1-2-6-12(10)16/h1-7,17-18H,8-9H2. The van der Waals surface area contributed by atoms with Crippen LogP contribution in [0.1, 0.15) is 15.9 Å². The molecular weight excluding hydrogens is 242 g/mol. The first-order chi connectivity index (χ1) is 9.18. The van der Waals surface area contributed by atoms with Gasteiger partial charge in [0.25, 0.3) is 5.91 Å². The minimum atomic E-state index is -0.364. The van der Waals surface area contributed by atoms with E-state index in [0.717, 1.165) is 17.7 Å². The molecule has 1 aliphatic heterocycles. The number of phenolic OH excluding ortho intramolecular Hbond substituents is 2. The Labute approximate surface area is 110 Å². The summed E-state index contributed by atoms with van der Waals surface area (Å²) in [7, 11) is 0. The number of hydrogen-bond donors (Lipinski definition) is 2. The lowest BCUT2D eigenvalue weighted by molar-refractivity contribution is 0.0986. The number of carbonyl (C=O) groups is 1. The number of aromatic hydroxyl groups is 2. The first-order valence-corrected chi connectivity index (χ1v) is 6.09. The molecule has 2 aromatic carbocycles. The van der Waals surface area contributed by atoms with Crippen molar-refractivity contribution in [2.24, 2.45) is 0 Å². The van der Waals surface area contributed by atoms with Crippen LogP contribution in [0.5, 0.6) is 11.5 Å². The zero-order valence-corrected chi connectivity index (χ0v) is 10.2. The van der Waals surface area contributed by atoms with Gasteiger partial charge in [-0.2, -0.15) is 0 Å². The summed E-state index contributed by atoms with van der Waals surface area (Å²) in [5.74, 6) is -0.937. The van der Waals surface area contributed by atoms with E-state index in [0.29, 0.717) is 6.54 Å². The van der Waals surface area contributed by atoms with Crippen LogP contribution in [-0.2, 0) is 6.42 Å². The Balaban J connectivity index is 2.00. The molecule has 1 aliphatic rings. The summed E-state index contributed by atoms with van der Waals surface area (Å²) in [6.07, 6.45) is 0.807. The van der Waals surface area contributed by atoms with Crippen LogP contribution in [0.2, 0.25) is 0 Å². The fourth-order valence-electron chi connectivity index (χ4n) is 2.40. The Hall–Kier alpha value is -2.49. The molecule has 0 fully saturated rings. The van der Waals surface area contributed by atoms with E-state index >= 15 is 0 Å². The largest absolute Gasteiger partial charge is 0.504 e. The third-order valence-electron chi connectivity index (χ3n) is 3.38. The number of carbonyl (C=O) groups excluding carboxylic acids is 1. The fourth-order valence-corrected chi connectivity index (χ4v) is 2.40. The number of nitrogens with zero attached hydrogens (tertiary/aromatic N) is 1. The Kier molecular flexibility index (Phi) is 2.63. The minimum absolute atomic E-state index is 0.122. The van der Waals surface area contributed by atoms with Gasteiger partial charge in [0.15, 0.2) is 11.5 Å². The third kappa shape index (κ3) is 1.81. The van der Waals surface area contributed by atoms with Gasteiger partial charge in [-0.3, -0.25) is 4.79 Å². The molecule has 2 aromatic rings. The van der Waals surface area contributed by atoms with Gasteiger partial charge in [-0.1, -0.05) is 24.3 Å². The first kappa shape index (κ1) is 11.6. The molecule has 0 spiro atoms. The van der Waals surface area contributed by atoms with Crippen LogP contribution in [0.3, 0.4) is 0 Å². The second kappa shape index (κ2) is 4.31. The van der Waals surface area contributed by atoms with Gasteiger partial charge in [-0.05, 0) is 30.2 Å². The normalized spacial score (nSPS) is 13.4. The summed E-state index contributed by atoms with van der Waals surface area (Å²) in [4.78, 5) is 14.1. The van der Waals surface area contributed by atoms with Crippen LogP contribution in [0.15, 0.2) is 42.5 Å². The molecule has 0 unspecified atom stereocenters. The van der Waals surface area contributed by atoms with Crippen molar-refractivity contribution in [3.05, 3.63) is 53.6 Å². The van der Waals surface area contributed by atoms with Gasteiger partial charge in [-0.15, -0.1) is 0 Å². The number of rotatable bonds is 1. The molecule has 0 bridgehead atoms. The number of amides is 1. The average Bonchev–Trinajstić information content (AvgIpc) is 2.85. The van der Waals surface area contributed by atoms with Gasteiger partial charge >= 0.3 is 0 Å². The lowest BCUT2D eigenvalue weighted by atomic mass is 10.1. The molecule has 1 amide bonds. The number of phenols is 2. The highest BCUT2D eigenvalue weighted by atomic mass is 16.3. The SMILES string of the molecule is O=C(c1cccc(O)c1O)N1CCc2ccccc21. The number of para-hydroxylation sites is 2. The molecule has 0 aliphatic carbocycles. The van der Waals surface area contributed by atoms with Crippen molar-refractivity contribution in [3.8, 4) is 11.5 Å². The lowest BCUT2D eigenvalue weighted by Gasteiger charge is -2.18. The molecule has 4 nitrogen and oxygen atoms in total. The summed E-state index contributed by atoms with van der Waals surface area (Å²) in [6, 6.07) is 12.1. The number of benzene rings is 2. The van der Waals surface area contributed by atoms with Crippen molar-refractivity contribution >= 4 is 11.6 Å². The molecule has 19 heavy (non-hydrogen) atoms. The first-order valence-electron chi connectivity index (χ1n) is 6.09. The smallest absolute Gasteiger partial charge is 0.262 e. The summed E-state index contributed by atoms with van der Waals surface area (Å²) < 4.78 is 0. The number of anilines is 1. The van der Waals surface area contributed by atoms with E-state index in [2.05, 4.69) is 0 Å². The van der Waals surface area contributed by atoms with Gasteiger partial charge in [0, 0.05) is 12.2 Å². The zero-order chi connectivity index (χ0) is 13.4. The molecule has 0 saturated carbocycles. The lowest BCUT2D eigenvalue weighted by Crippen LogP contribution is -2.28. The number of fused-ring (bicyclic) bond motifs is 1. The molecule has 0 aromatic heterocycles. The van der Waals surface area contributed by atoms with E-state index in [1.165, 1.54) is 12.1 Å². The van der Waals surface area contributed by atoms with Crippen LogP contribution < -0.4 is 4.90 Å². The number of hydrogen-bond acceptors (Lipinski definition) is 3. The van der Waals surface area contributed by atoms with E-state index in [9.17, 15) is 15.0 Å². The van der Waals surface area contributed by atoms with E-state index in [1.807, 2.05) is 24.3 Å². The highest BCUT2D eigenvalue weighted by Gasteiger charge is 2.27. The molecule has 0 radical (unpaired) electrons. The molecule has 1 heterocycles. The predicted octanol–water partition coefficient (Wildman–Crippen LogP) is 2.30. The van der Waals surface area contributed by atoms with Gasteiger partial charge < -0.3 is 15.1 Å². The van der Waals surface area contributed by atoms with Crippen LogP contribution in [-0.4, -0.2) is 22.7 Å². The Bertz CT molecular complexity index is 652. The summed E-state index contributed by atoms with van der Waals surface area (Å²) in [6.45, 7) is 0.591. The fraction of sp³-hybridized carbons (Fsp3) is 0.133. The van der Waals surface area contributed by atoms with Gasteiger partial charge in [0.2, 0.25) is 0 Å². The zero-order valence-electron chi connectivity index (χ0n) is 10.2. The Morgan fingerprint density at radius 3 is 2.68 bits per heavy atom. The summed E-state index contributed by atoms with van der Waals surface area (Å²) in [5.41, 5.74) is 2.11. The van der Waals surface area contributed by atoms with Gasteiger partial charge in [0.05, 0.1) is 5.56 Å². The van der Waals surface area contributed by atoms with Crippen molar-refractivity contribution in [3.63, 3.8) is 0 Å². The maximum atomic E-state index is 12.4. The van der Waals surface area contributed by atoms with E-state index in [4.69, 9.17) is 0 Å². The van der Waals surface area contributed by atoms with Crippen LogP contribution in [0.4, 0.5) is 5.69 Å². The Morgan fingerprint density at radius 2 is 1.84 bits per heavy atom. The molecular formula is C15H13NO3. The Morgan fingerprint density at radius 1 is 1.05 bits per heavy atom. The molecule has 96 valence electrons. The van der Waals surface area contributed by atoms with Crippen molar-refractivity contribution in [1.29, 1.82) is 0 Å². The monoisotopic (exact) mass is 255 g/mol. The van der Waals surface area contributed by atoms with E-state index in [-0.39, 0.29) is 23.0 Å². The van der Waals surface area contributed by atoms with Gasteiger partial charge in [-0.25, -0.2) is 0 Å². The van der Waals surface area contributed by atoms with E-state index < -0.39 is 0 Å². The maximum Gasteiger partial charge on any atom is 0.262 e. The average molecular weight is 255 g/mol. The van der Waals surface area contributed by atoms with Gasteiger partial charge in [0.1, 0.15) is 0 Å². The maximum absolute atomic E-state index is 12.4. The van der Waals surface area contributed by atoms with Crippen molar-refractivity contribution < 1.29 is 15.0 Å². The molecule has 3 rings (SSSR count). The molecule has 0 atom stereocenters. The summed E-state index contributed by atoms with van der Waals surface area (Å²) in [5, 5.41) is 19.2. The predicted molar refractivity (Wildman–Crippen MR) is 71.6 cm³/mol. The van der Waals surface area contributed by atoms with Crippen LogP contribution >= 0.6 is 0 Å². The minimum Gasteiger partial charge on any atom is -0.504 e. The van der Waals surface area contributed by atoms with E-state index in [1.54, 1.807) is 11.0 Å². The third-order valence-corrected chi connectivity index (χ3v) is 3.38. The van der Waals surface area contributed by atoms with Crippen LogP contribution in [0.25, 0.3) is 0 Å². The van der Waals surface area contributed by atoms with Crippen molar-refractivity contribution in [1.82, 2.24) is 0 Å². The summed E-state index contributed by atoms with van der Waals surface area (Å²) >= 11 is 0.